The molecule has 0 aromatic heterocycles. The third-order valence-corrected chi connectivity index (χ3v) is 3.78. The molecular weight excluding hydrogens is 252 g/mol. The monoisotopic (exact) mass is 276 g/mol. The van der Waals surface area contributed by atoms with E-state index in [4.69, 9.17) is 10.5 Å². The number of benzene rings is 1. The number of hydrogen-bond donors (Lipinski definition) is 1. The van der Waals surface area contributed by atoms with Gasteiger partial charge in [0.1, 0.15) is 0 Å². The second kappa shape index (κ2) is 6.86. The van der Waals surface area contributed by atoms with Crippen molar-refractivity contribution in [3.63, 3.8) is 0 Å². The van der Waals surface area contributed by atoms with Gasteiger partial charge in [-0.05, 0) is 25.8 Å². The maximum atomic E-state index is 12.2. The predicted molar refractivity (Wildman–Crippen MR) is 79.5 cm³/mol. The molecule has 1 aliphatic rings. The molecule has 1 saturated heterocycles. The summed E-state index contributed by atoms with van der Waals surface area (Å²) in [5.41, 5.74) is 8.30. The SMILES string of the molecule is Cc1ccc(CCC(=O)N2CCOC(C(C)N)C2)cc1. The van der Waals surface area contributed by atoms with Gasteiger partial charge in [0, 0.05) is 25.6 Å². The van der Waals surface area contributed by atoms with E-state index in [2.05, 4.69) is 31.2 Å². The molecule has 1 aromatic rings. The van der Waals surface area contributed by atoms with Crippen LogP contribution >= 0.6 is 0 Å². The summed E-state index contributed by atoms with van der Waals surface area (Å²) in [4.78, 5) is 14.1. The second-order valence-electron chi connectivity index (χ2n) is 5.59. The standard InChI is InChI=1S/C16H24N2O2/c1-12-3-5-14(6-4-12)7-8-16(19)18-9-10-20-15(11-18)13(2)17/h3-6,13,15H,7-11,17H2,1-2H3. The first-order chi connectivity index (χ1) is 9.56. The minimum atomic E-state index is -0.0392. The van der Waals surface area contributed by atoms with Crippen molar-refractivity contribution in [3.05, 3.63) is 35.4 Å². The summed E-state index contributed by atoms with van der Waals surface area (Å²) in [5.74, 6) is 0.194. The lowest BCUT2D eigenvalue weighted by Gasteiger charge is -2.34. The number of nitrogens with zero attached hydrogens (tertiary/aromatic N) is 1. The van der Waals surface area contributed by atoms with Crippen molar-refractivity contribution >= 4 is 5.91 Å². The third-order valence-electron chi connectivity index (χ3n) is 3.78. The van der Waals surface area contributed by atoms with Gasteiger partial charge in [0.15, 0.2) is 0 Å². The molecule has 4 heteroatoms. The normalized spacial score (nSPS) is 20.8. The molecule has 2 rings (SSSR count). The van der Waals surface area contributed by atoms with Gasteiger partial charge in [0.05, 0.1) is 12.7 Å². The Morgan fingerprint density at radius 3 is 2.80 bits per heavy atom. The van der Waals surface area contributed by atoms with Crippen LogP contribution in [0.15, 0.2) is 24.3 Å². The van der Waals surface area contributed by atoms with Gasteiger partial charge >= 0.3 is 0 Å². The van der Waals surface area contributed by atoms with Crippen LogP contribution in [0.1, 0.15) is 24.5 Å². The van der Waals surface area contributed by atoms with Crippen LogP contribution in [0.4, 0.5) is 0 Å². The largest absolute Gasteiger partial charge is 0.373 e. The van der Waals surface area contributed by atoms with Gasteiger partial charge in [-0.25, -0.2) is 0 Å². The summed E-state index contributed by atoms with van der Waals surface area (Å²) >= 11 is 0. The summed E-state index contributed by atoms with van der Waals surface area (Å²) < 4.78 is 5.58. The first-order valence-corrected chi connectivity index (χ1v) is 7.27. The predicted octanol–water partition coefficient (Wildman–Crippen LogP) is 1.50. The number of amides is 1. The first kappa shape index (κ1) is 15.0. The molecule has 0 saturated carbocycles. The van der Waals surface area contributed by atoms with E-state index in [1.807, 2.05) is 11.8 Å². The molecule has 1 fully saturated rings. The Morgan fingerprint density at radius 2 is 2.15 bits per heavy atom. The molecule has 1 aromatic carbocycles. The van der Waals surface area contributed by atoms with Crippen LogP contribution in [-0.2, 0) is 16.0 Å². The number of nitrogens with two attached hydrogens (primary N) is 1. The highest BCUT2D eigenvalue weighted by atomic mass is 16.5. The van der Waals surface area contributed by atoms with E-state index < -0.39 is 0 Å². The molecule has 110 valence electrons. The van der Waals surface area contributed by atoms with Crippen LogP contribution in [0.3, 0.4) is 0 Å². The zero-order chi connectivity index (χ0) is 14.5. The smallest absolute Gasteiger partial charge is 0.223 e. The highest BCUT2D eigenvalue weighted by Crippen LogP contribution is 2.11. The van der Waals surface area contributed by atoms with Crippen molar-refractivity contribution in [2.75, 3.05) is 19.7 Å². The Balaban J connectivity index is 1.83. The molecule has 1 heterocycles. The topological polar surface area (TPSA) is 55.6 Å². The fourth-order valence-electron chi connectivity index (χ4n) is 2.38. The average Bonchev–Trinajstić information content (AvgIpc) is 2.46. The van der Waals surface area contributed by atoms with Gasteiger partial charge in [0.25, 0.3) is 0 Å². The molecule has 2 N–H and O–H groups in total. The van der Waals surface area contributed by atoms with E-state index in [1.165, 1.54) is 11.1 Å². The zero-order valence-corrected chi connectivity index (χ0v) is 12.3. The van der Waals surface area contributed by atoms with Crippen molar-refractivity contribution in [2.45, 2.75) is 38.8 Å². The highest BCUT2D eigenvalue weighted by Gasteiger charge is 2.26. The van der Waals surface area contributed by atoms with Crippen molar-refractivity contribution in [2.24, 2.45) is 5.73 Å². The van der Waals surface area contributed by atoms with E-state index in [9.17, 15) is 4.79 Å². The number of hydrogen-bond acceptors (Lipinski definition) is 3. The van der Waals surface area contributed by atoms with Crippen molar-refractivity contribution in [1.82, 2.24) is 4.90 Å². The lowest BCUT2D eigenvalue weighted by molar-refractivity contribution is -0.139. The fraction of sp³-hybridized carbons (Fsp3) is 0.562. The molecule has 2 atom stereocenters. The molecule has 0 spiro atoms. The summed E-state index contributed by atoms with van der Waals surface area (Å²) in [6.45, 7) is 5.87. The lowest BCUT2D eigenvalue weighted by atomic mass is 10.1. The number of ether oxygens (including phenoxy) is 1. The van der Waals surface area contributed by atoms with E-state index in [-0.39, 0.29) is 18.1 Å². The van der Waals surface area contributed by atoms with Gasteiger partial charge in [-0.15, -0.1) is 0 Å². The van der Waals surface area contributed by atoms with Gasteiger partial charge in [-0.1, -0.05) is 29.8 Å². The number of carbonyl (C=O) groups excluding carboxylic acids is 1. The van der Waals surface area contributed by atoms with E-state index in [0.29, 0.717) is 26.1 Å². The zero-order valence-electron chi connectivity index (χ0n) is 12.3. The van der Waals surface area contributed by atoms with E-state index >= 15 is 0 Å². The molecule has 1 aliphatic heterocycles. The number of carbonyl (C=O) groups is 1. The van der Waals surface area contributed by atoms with Gasteiger partial charge in [0.2, 0.25) is 5.91 Å². The maximum absolute atomic E-state index is 12.2. The third kappa shape index (κ3) is 4.05. The van der Waals surface area contributed by atoms with Crippen molar-refractivity contribution in [1.29, 1.82) is 0 Å². The second-order valence-corrected chi connectivity index (χ2v) is 5.59. The number of morpholine rings is 1. The van der Waals surface area contributed by atoms with Gasteiger partial charge < -0.3 is 15.4 Å². The summed E-state index contributed by atoms with van der Waals surface area (Å²) in [7, 11) is 0. The summed E-state index contributed by atoms with van der Waals surface area (Å²) in [6, 6.07) is 8.31. The minimum Gasteiger partial charge on any atom is -0.373 e. The Labute approximate surface area is 120 Å². The molecule has 0 aliphatic carbocycles. The highest BCUT2D eigenvalue weighted by molar-refractivity contribution is 5.76. The molecule has 1 amide bonds. The molecule has 4 nitrogen and oxygen atoms in total. The molecule has 0 radical (unpaired) electrons. The Morgan fingerprint density at radius 1 is 1.45 bits per heavy atom. The molecule has 0 bridgehead atoms. The Kier molecular flexibility index (Phi) is 5.15. The van der Waals surface area contributed by atoms with Crippen molar-refractivity contribution < 1.29 is 9.53 Å². The summed E-state index contributed by atoms with van der Waals surface area (Å²) in [5, 5.41) is 0. The maximum Gasteiger partial charge on any atom is 0.223 e. The van der Waals surface area contributed by atoms with Crippen LogP contribution in [0, 0.1) is 6.92 Å². The van der Waals surface area contributed by atoms with Crippen LogP contribution in [0.2, 0.25) is 0 Å². The first-order valence-electron chi connectivity index (χ1n) is 7.27. The van der Waals surface area contributed by atoms with Gasteiger partial charge in [-0.3, -0.25) is 4.79 Å². The Hall–Kier alpha value is -1.39. The quantitative estimate of drug-likeness (QED) is 0.906. The molecular formula is C16H24N2O2. The van der Waals surface area contributed by atoms with E-state index in [1.54, 1.807) is 0 Å². The van der Waals surface area contributed by atoms with Crippen molar-refractivity contribution in [3.8, 4) is 0 Å². The van der Waals surface area contributed by atoms with E-state index in [0.717, 1.165) is 6.42 Å². The fourth-order valence-corrected chi connectivity index (χ4v) is 2.38. The number of rotatable bonds is 4. The minimum absolute atomic E-state index is 0.0351. The van der Waals surface area contributed by atoms with Crippen LogP contribution in [0.5, 0.6) is 0 Å². The van der Waals surface area contributed by atoms with Gasteiger partial charge in [-0.2, -0.15) is 0 Å². The molecule has 20 heavy (non-hydrogen) atoms. The lowest BCUT2D eigenvalue weighted by Crippen LogP contribution is -2.51. The van der Waals surface area contributed by atoms with Crippen LogP contribution in [-0.4, -0.2) is 42.6 Å². The van der Waals surface area contributed by atoms with Crippen LogP contribution in [0.25, 0.3) is 0 Å². The molecule has 2 unspecified atom stereocenters. The number of aryl methyl sites for hydroxylation is 2. The summed E-state index contributed by atoms with van der Waals surface area (Å²) in [6.07, 6.45) is 1.31. The average molecular weight is 276 g/mol. The van der Waals surface area contributed by atoms with Crippen LogP contribution < -0.4 is 5.73 Å². The Bertz CT molecular complexity index is 442.